The number of thioether (sulfide) groups is 1. The second-order valence-electron chi connectivity index (χ2n) is 7.14. The SMILES string of the molecule is CC(C)(C)N1C(=O)/C(=C/c2ccc(OCc3ccccc3Cl)cc2)SC1=S. The number of nitrogens with zero attached hydrogens (tertiary/aromatic N) is 1. The van der Waals surface area contributed by atoms with Crippen LogP contribution in [-0.2, 0) is 11.4 Å². The molecule has 6 heteroatoms. The van der Waals surface area contributed by atoms with Gasteiger partial charge in [-0.1, -0.05) is 65.9 Å². The Kier molecular flexibility index (Phi) is 5.94. The first-order chi connectivity index (χ1) is 12.8. The molecule has 0 aliphatic carbocycles. The minimum Gasteiger partial charge on any atom is -0.489 e. The standard InChI is InChI=1S/C21H20ClNO2S2/c1-21(2,3)23-19(24)18(27-20(23)26)12-14-8-10-16(11-9-14)25-13-15-6-4-5-7-17(15)22/h4-12H,13H2,1-3H3/b18-12-. The van der Waals surface area contributed by atoms with Gasteiger partial charge in [-0.3, -0.25) is 9.69 Å². The summed E-state index contributed by atoms with van der Waals surface area (Å²) in [6.45, 7) is 6.34. The molecule has 1 amide bonds. The molecule has 0 atom stereocenters. The van der Waals surface area contributed by atoms with E-state index >= 15 is 0 Å². The Morgan fingerprint density at radius 3 is 2.41 bits per heavy atom. The van der Waals surface area contributed by atoms with Gasteiger partial charge in [0.25, 0.3) is 5.91 Å². The van der Waals surface area contributed by atoms with Crippen molar-refractivity contribution >= 4 is 51.9 Å². The minimum absolute atomic E-state index is 0.0449. The average Bonchev–Trinajstić information content (AvgIpc) is 2.89. The number of carbonyl (C=O) groups excluding carboxylic acids is 1. The highest BCUT2D eigenvalue weighted by atomic mass is 35.5. The molecule has 1 fully saturated rings. The van der Waals surface area contributed by atoms with Gasteiger partial charge in [-0.15, -0.1) is 0 Å². The van der Waals surface area contributed by atoms with Crippen molar-refractivity contribution in [3.05, 3.63) is 69.6 Å². The van der Waals surface area contributed by atoms with Gasteiger partial charge in [0, 0.05) is 16.1 Å². The van der Waals surface area contributed by atoms with Crippen LogP contribution in [0.25, 0.3) is 6.08 Å². The van der Waals surface area contributed by atoms with Crippen LogP contribution in [0, 0.1) is 0 Å². The zero-order chi connectivity index (χ0) is 19.6. The molecule has 27 heavy (non-hydrogen) atoms. The summed E-state index contributed by atoms with van der Waals surface area (Å²) in [4.78, 5) is 14.9. The second kappa shape index (κ2) is 8.05. The van der Waals surface area contributed by atoms with Crippen molar-refractivity contribution in [3.8, 4) is 5.75 Å². The molecule has 0 saturated carbocycles. The number of hydrogen-bond acceptors (Lipinski definition) is 4. The molecule has 2 aromatic rings. The van der Waals surface area contributed by atoms with Crippen LogP contribution in [0.5, 0.6) is 5.75 Å². The fourth-order valence-electron chi connectivity index (χ4n) is 2.63. The molecule has 3 nitrogen and oxygen atoms in total. The number of carbonyl (C=O) groups is 1. The van der Waals surface area contributed by atoms with Crippen molar-refractivity contribution in [3.63, 3.8) is 0 Å². The summed E-state index contributed by atoms with van der Waals surface area (Å²) in [6, 6.07) is 15.2. The topological polar surface area (TPSA) is 29.5 Å². The molecule has 0 radical (unpaired) electrons. The zero-order valence-electron chi connectivity index (χ0n) is 15.4. The van der Waals surface area contributed by atoms with Gasteiger partial charge in [-0.2, -0.15) is 0 Å². The highest BCUT2D eigenvalue weighted by Crippen LogP contribution is 2.37. The molecule has 1 aliphatic heterocycles. The molecule has 1 heterocycles. The third-order valence-corrected chi connectivity index (χ3v) is 5.67. The first-order valence-electron chi connectivity index (χ1n) is 8.50. The number of amides is 1. The Labute approximate surface area is 174 Å². The zero-order valence-corrected chi connectivity index (χ0v) is 17.8. The lowest BCUT2D eigenvalue weighted by Crippen LogP contribution is -2.44. The fraction of sp³-hybridized carbons (Fsp3) is 0.238. The average molecular weight is 418 g/mol. The van der Waals surface area contributed by atoms with Crippen LogP contribution in [0.4, 0.5) is 0 Å². The lowest BCUT2D eigenvalue weighted by atomic mass is 10.1. The molecular formula is C21H20ClNO2S2. The summed E-state index contributed by atoms with van der Waals surface area (Å²) >= 11 is 12.9. The van der Waals surface area contributed by atoms with E-state index in [9.17, 15) is 4.79 Å². The van der Waals surface area contributed by atoms with Crippen LogP contribution >= 0.6 is 35.6 Å². The molecular weight excluding hydrogens is 398 g/mol. The van der Waals surface area contributed by atoms with Gasteiger partial charge in [0.05, 0.1) is 4.91 Å². The molecule has 0 spiro atoms. The Balaban J connectivity index is 1.69. The van der Waals surface area contributed by atoms with E-state index in [1.165, 1.54) is 11.8 Å². The molecule has 2 aromatic carbocycles. The fourth-order valence-corrected chi connectivity index (χ4v) is 4.46. The van der Waals surface area contributed by atoms with E-state index in [0.29, 0.717) is 20.9 Å². The summed E-state index contributed by atoms with van der Waals surface area (Å²) in [7, 11) is 0. The Bertz CT molecular complexity index is 901. The number of rotatable bonds is 4. The van der Waals surface area contributed by atoms with Crippen molar-refractivity contribution < 1.29 is 9.53 Å². The van der Waals surface area contributed by atoms with Crippen LogP contribution < -0.4 is 4.74 Å². The van der Waals surface area contributed by atoms with Gasteiger partial charge in [0.2, 0.25) is 0 Å². The van der Waals surface area contributed by atoms with Gasteiger partial charge < -0.3 is 4.74 Å². The predicted molar refractivity (Wildman–Crippen MR) is 117 cm³/mol. The first kappa shape index (κ1) is 19.9. The maximum Gasteiger partial charge on any atom is 0.266 e. The largest absolute Gasteiger partial charge is 0.489 e. The van der Waals surface area contributed by atoms with Crippen molar-refractivity contribution in [2.24, 2.45) is 0 Å². The first-order valence-corrected chi connectivity index (χ1v) is 10.1. The number of thiocarbonyl (C=S) groups is 1. The summed E-state index contributed by atoms with van der Waals surface area (Å²) in [5.74, 6) is 0.700. The maximum absolute atomic E-state index is 12.6. The van der Waals surface area contributed by atoms with E-state index in [4.69, 9.17) is 28.6 Å². The van der Waals surface area contributed by atoms with E-state index in [-0.39, 0.29) is 11.4 Å². The molecule has 140 valence electrons. The smallest absolute Gasteiger partial charge is 0.266 e. The number of benzene rings is 2. The van der Waals surface area contributed by atoms with Gasteiger partial charge in [-0.25, -0.2) is 0 Å². The van der Waals surface area contributed by atoms with Crippen LogP contribution in [0.1, 0.15) is 31.9 Å². The Morgan fingerprint density at radius 2 is 1.81 bits per heavy atom. The van der Waals surface area contributed by atoms with Gasteiger partial charge in [0.1, 0.15) is 16.7 Å². The number of hydrogen-bond donors (Lipinski definition) is 0. The van der Waals surface area contributed by atoms with Crippen molar-refractivity contribution in [2.75, 3.05) is 0 Å². The highest BCUT2D eigenvalue weighted by molar-refractivity contribution is 8.26. The van der Waals surface area contributed by atoms with Crippen LogP contribution in [0.2, 0.25) is 5.02 Å². The van der Waals surface area contributed by atoms with E-state index in [1.54, 1.807) is 4.90 Å². The van der Waals surface area contributed by atoms with Crippen LogP contribution in [0.15, 0.2) is 53.4 Å². The van der Waals surface area contributed by atoms with Crippen molar-refractivity contribution in [2.45, 2.75) is 32.9 Å². The predicted octanol–water partition coefficient (Wildman–Crippen LogP) is 5.92. The van der Waals surface area contributed by atoms with E-state index < -0.39 is 0 Å². The molecule has 1 saturated heterocycles. The van der Waals surface area contributed by atoms with Gasteiger partial charge >= 0.3 is 0 Å². The quantitative estimate of drug-likeness (QED) is 0.456. The van der Waals surface area contributed by atoms with E-state index in [0.717, 1.165) is 16.9 Å². The van der Waals surface area contributed by atoms with E-state index in [1.807, 2.05) is 75.4 Å². The third kappa shape index (κ3) is 4.72. The molecule has 3 rings (SSSR count). The molecule has 0 bridgehead atoms. The van der Waals surface area contributed by atoms with Gasteiger partial charge in [0.15, 0.2) is 0 Å². The van der Waals surface area contributed by atoms with Crippen LogP contribution in [-0.4, -0.2) is 20.7 Å². The van der Waals surface area contributed by atoms with Crippen molar-refractivity contribution in [1.29, 1.82) is 0 Å². The third-order valence-electron chi connectivity index (χ3n) is 3.99. The van der Waals surface area contributed by atoms with Gasteiger partial charge in [-0.05, 0) is 50.6 Å². The summed E-state index contributed by atoms with van der Waals surface area (Å²) in [5.41, 5.74) is 1.54. The Hall–Kier alpha value is -1.82. The normalized spacial score (nSPS) is 16.3. The lowest BCUT2D eigenvalue weighted by Gasteiger charge is -2.30. The molecule has 0 N–H and O–H groups in total. The van der Waals surface area contributed by atoms with Crippen LogP contribution in [0.3, 0.4) is 0 Å². The minimum atomic E-state index is -0.326. The summed E-state index contributed by atoms with van der Waals surface area (Å²) in [5, 5.41) is 0.690. The highest BCUT2D eigenvalue weighted by Gasteiger charge is 2.38. The van der Waals surface area contributed by atoms with E-state index in [2.05, 4.69) is 0 Å². The number of ether oxygens (including phenoxy) is 1. The second-order valence-corrected chi connectivity index (χ2v) is 9.22. The number of halogens is 1. The summed E-state index contributed by atoms with van der Waals surface area (Å²) < 4.78 is 6.39. The molecule has 0 unspecified atom stereocenters. The van der Waals surface area contributed by atoms with Crippen molar-refractivity contribution in [1.82, 2.24) is 4.90 Å². The molecule has 0 aromatic heterocycles. The summed E-state index contributed by atoms with van der Waals surface area (Å²) in [6.07, 6.45) is 1.86. The Morgan fingerprint density at radius 1 is 1.15 bits per heavy atom. The lowest BCUT2D eigenvalue weighted by molar-refractivity contribution is -0.125. The molecule has 1 aliphatic rings. The maximum atomic E-state index is 12.6. The monoisotopic (exact) mass is 417 g/mol.